The van der Waals surface area contributed by atoms with Crippen LogP contribution < -0.4 is 11.1 Å². The van der Waals surface area contributed by atoms with Gasteiger partial charge in [0.05, 0.1) is 0 Å². The minimum atomic E-state index is -0.463. The van der Waals surface area contributed by atoms with Crippen LogP contribution in [0.25, 0.3) is 0 Å². The Hall–Kier alpha value is -1.69. The molecule has 6 heteroatoms. The Morgan fingerprint density at radius 1 is 1.00 bits per heavy atom. The third-order valence-electron chi connectivity index (χ3n) is 2.64. The molecule has 0 rings (SSSR count). The first kappa shape index (κ1) is 36.3. The first-order valence-electron chi connectivity index (χ1n) is 8.52. The van der Waals surface area contributed by atoms with Gasteiger partial charge in [-0.05, 0) is 45.1 Å². The fraction of sp³-hybridized carbons (Fsp3) is 0.524. The van der Waals surface area contributed by atoms with E-state index in [9.17, 15) is 9.59 Å². The minimum Gasteiger partial charge on any atom is -0.349 e. The monoisotopic (exact) mass is 403 g/mol. The molecule has 1 amide bonds. The van der Waals surface area contributed by atoms with Crippen molar-refractivity contribution in [2.75, 3.05) is 32.7 Å². The molecule has 0 aliphatic rings. The fourth-order valence-electron chi connectivity index (χ4n) is 0.987. The highest BCUT2D eigenvalue weighted by atomic mass is 35.5. The third kappa shape index (κ3) is 40.4. The van der Waals surface area contributed by atoms with Crippen molar-refractivity contribution in [1.82, 2.24) is 10.2 Å². The zero-order chi connectivity index (χ0) is 21.5. The van der Waals surface area contributed by atoms with Crippen molar-refractivity contribution in [2.45, 2.75) is 42.0 Å². The Morgan fingerprint density at radius 2 is 1.33 bits per heavy atom. The molecule has 0 fully saturated rings. The number of nitrogens with zero attached hydrogens (tertiary/aromatic N) is 1. The van der Waals surface area contributed by atoms with E-state index < -0.39 is 5.24 Å². The summed E-state index contributed by atoms with van der Waals surface area (Å²) in [5.74, 6) is -0.116. The van der Waals surface area contributed by atoms with E-state index in [-0.39, 0.29) is 13.3 Å². The molecular weight excluding hydrogens is 362 g/mol. The Labute approximate surface area is 173 Å². The molecule has 0 atom stereocenters. The lowest BCUT2D eigenvalue weighted by Gasteiger charge is -2.13. The SMILES string of the molecule is C.C=C(C)C(=O)Cl.C=CCN.C=CCNC(=O)C(=C)C.CCN(CC)CC. The molecule has 5 nitrogen and oxygen atoms in total. The van der Waals surface area contributed by atoms with Gasteiger partial charge in [0.1, 0.15) is 0 Å². The number of hydrogen-bond acceptors (Lipinski definition) is 4. The molecule has 3 N–H and O–H groups in total. The van der Waals surface area contributed by atoms with Gasteiger partial charge in [-0.3, -0.25) is 9.59 Å². The van der Waals surface area contributed by atoms with Gasteiger partial charge in [0.15, 0.2) is 0 Å². The van der Waals surface area contributed by atoms with Gasteiger partial charge in [0, 0.05) is 24.2 Å². The zero-order valence-corrected chi connectivity index (χ0v) is 18.0. The first-order chi connectivity index (χ1) is 12.1. The van der Waals surface area contributed by atoms with Crippen LogP contribution in [-0.2, 0) is 9.59 Å². The lowest BCUT2D eigenvalue weighted by Crippen LogP contribution is -2.23. The predicted octanol–water partition coefficient (Wildman–Crippen LogP) is 4.31. The summed E-state index contributed by atoms with van der Waals surface area (Å²) < 4.78 is 0. The van der Waals surface area contributed by atoms with Crippen molar-refractivity contribution in [3.63, 3.8) is 0 Å². The molecule has 0 aliphatic heterocycles. The van der Waals surface area contributed by atoms with Gasteiger partial charge in [-0.15, -0.1) is 13.2 Å². The maximum Gasteiger partial charge on any atom is 0.247 e. The van der Waals surface area contributed by atoms with Gasteiger partial charge in [0.25, 0.3) is 0 Å². The molecule has 0 bridgehead atoms. The number of nitrogens with one attached hydrogen (secondary N) is 1. The smallest absolute Gasteiger partial charge is 0.247 e. The number of amides is 1. The van der Waals surface area contributed by atoms with Crippen molar-refractivity contribution in [2.24, 2.45) is 5.73 Å². The number of carbonyl (C=O) groups excluding carboxylic acids is 2. The summed E-state index contributed by atoms with van der Waals surface area (Å²) in [6.45, 7) is 28.0. The average molecular weight is 404 g/mol. The van der Waals surface area contributed by atoms with E-state index in [4.69, 9.17) is 17.3 Å². The molecule has 0 saturated carbocycles. The second-order valence-electron chi connectivity index (χ2n) is 4.98. The summed E-state index contributed by atoms with van der Waals surface area (Å²) in [5.41, 5.74) is 5.82. The minimum absolute atomic E-state index is 0. The molecule has 0 radical (unpaired) electrons. The van der Waals surface area contributed by atoms with Crippen molar-refractivity contribution >= 4 is 22.8 Å². The van der Waals surface area contributed by atoms with Crippen LogP contribution in [0.2, 0.25) is 0 Å². The Bertz CT molecular complexity index is 400. The van der Waals surface area contributed by atoms with Crippen LogP contribution in [0.1, 0.15) is 42.0 Å². The Kier molecular flexibility index (Phi) is 39.1. The summed E-state index contributed by atoms with van der Waals surface area (Å²) in [4.78, 5) is 22.8. The van der Waals surface area contributed by atoms with Gasteiger partial charge in [-0.2, -0.15) is 0 Å². The lowest BCUT2D eigenvalue weighted by atomic mass is 10.3. The molecule has 0 saturated heterocycles. The molecule has 0 aromatic heterocycles. The molecular formula is C21H42ClN3O2. The number of allylic oxidation sites excluding steroid dienone is 1. The third-order valence-corrected chi connectivity index (χ3v) is 2.96. The number of carbonyl (C=O) groups is 2. The second kappa shape index (κ2) is 29.1. The highest BCUT2D eigenvalue weighted by Crippen LogP contribution is 1.91. The van der Waals surface area contributed by atoms with E-state index in [0.29, 0.717) is 24.2 Å². The van der Waals surface area contributed by atoms with Crippen LogP contribution in [0.3, 0.4) is 0 Å². The molecule has 0 heterocycles. The molecule has 27 heavy (non-hydrogen) atoms. The van der Waals surface area contributed by atoms with Crippen molar-refractivity contribution < 1.29 is 9.59 Å². The molecule has 0 aromatic rings. The topological polar surface area (TPSA) is 75.4 Å². The van der Waals surface area contributed by atoms with Crippen molar-refractivity contribution in [3.05, 3.63) is 49.6 Å². The van der Waals surface area contributed by atoms with Crippen LogP contribution in [0, 0.1) is 0 Å². The van der Waals surface area contributed by atoms with Crippen LogP contribution in [-0.4, -0.2) is 48.8 Å². The molecule has 0 aliphatic carbocycles. The molecule has 0 unspecified atom stereocenters. The highest BCUT2D eigenvalue weighted by molar-refractivity contribution is 6.67. The van der Waals surface area contributed by atoms with E-state index in [2.05, 4.69) is 57.3 Å². The van der Waals surface area contributed by atoms with Gasteiger partial charge in [-0.1, -0.05) is 53.5 Å². The second-order valence-corrected chi connectivity index (χ2v) is 5.32. The number of hydrogen-bond donors (Lipinski definition) is 2. The Balaban J connectivity index is -0.0000000816. The van der Waals surface area contributed by atoms with Crippen LogP contribution in [0.5, 0.6) is 0 Å². The highest BCUT2D eigenvalue weighted by Gasteiger charge is 1.95. The van der Waals surface area contributed by atoms with E-state index in [0.717, 1.165) is 0 Å². The molecule has 0 spiro atoms. The molecule has 160 valence electrons. The summed E-state index contributed by atoms with van der Waals surface area (Å²) in [6, 6.07) is 0. The summed E-state index contributed by atoms with van der Waals surface area (Å²) in [7, 11) is 0. The van der Waals surface area contributed by atoms with Crippen LogP contribution in [0.15, 0.2) is 49.6 Å². The number of halogens is 1. The zero-order valence-electron chi connectivity index (χ0n) is 17.2. The first-order valence-corrected chi connectivity index (χ1v) is 8.90. The van der Waals surface area contributed by atoms with Crippen LogP contribution >= 0.6 is 11.6 Å². The van der Waals surface area contributed by atoms with Crippen LogP contribution in [0.4, 0.5) is 0 Å². The van der Waals surface area contributed by atoms with Gasteiger partial charge in [-0.25, -0.2) is 0 Å². The standard InChI is InChI=1S/C7H11NO.C6H15N.C4H5ClO.C3H7N.CH4/c1-4-5-8-7(9)6(2)3;1-4-7(5-2)6-3;1-3(2)4(5)6;1-2-3-4;/h4H,1-2,5H2,3H3,(H,8,9);4-6H2,1-3H3;1H2,2H3;2H,1,3-4H2;1H4. The number of nitrogens with two attached hydrogens (primary N) is 1. The summed E-state index contributed by atoms with van der Waals surface area (Å²) in [5, 5.41) is 2.11. The van der Waals surface area contributed by atoms with Gasteiger partial charge >= 0.3 is 0 Å². The summed E-state index contributed by atoms with van der Waals surface area (Å²) in [6.07, 6.45) is 3.28. The van der Waals surface area contributed by atoms with Gasteiger partial charge < -0.3 is 16.0 Å². The summed E-state index contributed by atoms with van der Waals surface area (Å²) >= 11 is 4.87. The normalized spacial score (nSPS) is 8.00. The number of rotatable bonds is 8. The largest absolute Gasteiger partial charge is 0.349 e. The van der Waals surface area contributed by atoms with E-state index in [1.54, 1.807) is 26.0 Å². The molecule has 0 aromatic carbocycles. The maximum absolute atomic E-state index is 10.6. The van der Waals surface area contributed by atoms with Crippen molar-refractivity contribution in [3.8, 4) is 0 Å². The van der Waals surface area contributed by atoms with E-state index in [1.807, 2.05) is 0 Å². The quantitative estimate of drug-likeness (QED) is 0.359. The van der Waals surface area contributed by atoms with Gasteiger partial charge in [0.2, 0.25) is 11.1 Å². The lowest BCUT2D eigenvalue weighted by molar-refractivity contribution is -0.117. The Morgan fingerprint density at radius 3 is 1.44 bits per heavy atom. The van der Waals surface area contributed by atoms with E-state index in [1.165, 1.54) is 19.6 Å². The van der Waals surface area contributed by atoms with Crippen molar-refractivity contribution in [1.29, 1.82) is 0 Å². The maximum atomic E-state index is 10.6. The average Bonchev–Trinajstić information content (AvgIpc) is 2.62. The fourth-order valence-corrected chi connectivity index (χ4v) is 0.987. The van der Waals surface area contributed by atoms with E-state index >= 15 is 0 Å². The predicted molar refractivity (Wildman–Crippen MR) is 123 cm³/mol.